The summed E-state index contributed by atoms with van der Waals surface area (Å²) < 4.78 is 1.72. The van der Waals surface area contributed by atoms with Crippen LogP contribution in [0.1, 0.15) is 11.3 Å². The molecule has 0 bridgehead atoms. The molecule has 0 saturated heterocycles. The number of carbonyl (C=O) groups excluding carboxylic acids is 1. The van der Waals surface area contributed by atoms with Gasteiger partial charge >= 0.3 is 6.03 Å². The molecule has 2 heterocycles. The van der Waals surface area contributed by atoms with Gasteiger partial charge in [0.15, 0.2) is 5.65 Å². The van der Waals surface area contributed by atoms with E-state index < -0.39 is 0 Å². The Morgan fingerprint density at radius 2 is 2.12 bits per heavy atom. The molecule has 0 saturated carbocycles. The predicted molar refractivity (Wildman–Crippen MR) is 95.2 cm³/mol. The van der Waals surface area contributed by atoms with Crippen molar-refractivity contribution in [2.75, 3.05) is 12.4 Å². The van der Waals surface area contributed by atoms with Gasteiger partial charge in [-0.1, -0.05) is 29.8 Å². The third kappa shape index (κ3) is 3.19. The van der Waals surface area contributed by atoms with E-state index in [1.165, 1.54) is 0 Å². The van der Waals surface area contributed by atoms with Gasteiger partial charge in [-0.05, 0) is 24.6 Å². The van der Waals surface area contributed by atoms with Crippen LogP contribution in [0.4, 0.5) is 10.5 Å². The summed E-state index contributed by atoms with van der Waals surface area (Å²) in [6.07, 6.45) is 1.63. The van der Waals surface area contributed by atoms with E-state index in [1.54, 1.807) is 22.8 Å². The lowest BCUT2D eigenvalue weighted by Gasteiger charge is -2.18. The van der Waals surface area contributed by atoms with Crippen LogP contribution in [0.3, 0.4) is 0 Å². The molecule has 0 radical (unpaired) electrons. The highest BCUT2D eigenvalue weighted by Crippen LogP contribution is 2.20. The van der Waals surface area contributed by atoms with Crippen molar-refractivity contribution in [3.63, 3.8) is 0 Å². The van der Waals surface area contributed by atoms with Crippen molar-refractivity contribution in [3.05, 3.63) is 52.8 Å². The largest absolute Gasteiger partial charge is 0.323 e. The van der Waals surface area contributed by atoms with Gasteiger partial charge in [0.05, 0.1) is 17.6 Å². The molecule has 3 rings (SSSR count). The lowest BCUT2D eigenvalue weighted by molar-refractivity contribution is 0.220. The number of fused-ring (bicyclic) bond motifs is 1. The summed E-state index contributed by atoms with van der Waals surface area (Å²) in [5.74, 6) is 0. The number of halogens is 1. The maximum Gasteiger partial charge on any atom is 0.321 e. The number of anilines is 1. The summed E-state index contributed by atoms with van der Waals surface area (Å²) in [6.45, 7) is 2.34. The molecule has 3 aromatic rings. The molecule has 0 spiro atoms. The molecule has 0 aliphatic carbocycles. The lowest BCUT2D eigenvalue weighted by Crippen LogP contribution is -2.30. The monoisotopic (exact) mass is 343 g/mol. The van der Waals surface area contributed by atoms with Crippen LogP contribution in [0.25, 0.3) is 11.0 Å². The van der Waals surface area contributed by atoms with Crippen molar-refractivity contribution >= 4 is 34.4 Å². The van der Waals surface area contributed by atoms with Crippen LogP contribution in [0.5, 0.6) is 0 Å². The Labute approximate surface area is 145 Å². The molecule has 1 aromatic carbocycles. The van der Waals surface area contributed by atoms with Gasteiger partial charge in [-0.25, -0.2) is 9.78 Å². The van der Waals surface area contributed by atoms with E-state index in [-0.39, 0.29) is 6.03 Å². The van der Waals surface area contributed by atoms with Crippen molar-refractivity contribution in [3.8, 4) is 0 Å². The molecule has 6 nitrogen and oxygen atoms in total. The molecule has 2 amide bonds. The Bertz CT molecular complexity index is 905. The second kappa shape index (κ2) is 6.49. The Morgan fingerprint density at radius 1 is 1.38 bits per heavy atom. The summed E-state index contributed by atoms with van der Waals surface area (Å²) in [5.41, 5.74) is 3.19. The molecule has 0 aliphatic heterocycles. The first-order valence-electron chi connectivity index (χ1n) is 7.50. The van der Waals surface area contributed by atoms with Gasteiger partial charge in [-0.2, -0.15) is 5.10 Å². The van der Waals surface area contributed by atoms with Crippen molar-refractivity contribution in [2.45, 2.75) is 13.5 Å². The van der Waals surface area contributed by atoms with Gasteiger partial charge in [0, 0.05) is 31.0 Å². The molecule has 24 heavy (non-hydrogen) atoms. The number of benzene rings is 1. The number of hydrogen-bond acceptors (Lipinski definition) is 3. The predicted octanol–water partition coefficient (Wildman–Crippen LogP) is 3.59. The van der Waals surface area contributed by atoms with Crippen molar-refractivity contribution in [2.24, 2.45) is 7.05 Å². The Balaban J connectivity index is 1.74. The van der Waals surface area contributed by atoms with Gasteiger partial charge in [-0.15, -0.1) is 0 Å². The molecule has 7 heteroatoms. The second-order valence-corrected chi connectivity index (χ2v) is 6.09. The minimum absolute atomic E-state index is 0.224. The van der Waals surface area contributed by atoms with E-state index in [4.69, 9.17) is 11.6 Å². The van der Waals surface area contributed by atoms with Crippen LogP contribution in [-0.2, 0) is 13.6 Å². The average Bonchev–Trinajstić information content (AvgIpc) is 2.83. The summed E-state index contributed by atoms with van der Waals surface area (Å²) in [6, 6.07) is 9.13. The minimum Gasteiger partial charge on any atom is -0.323 e. The van der Waals surface area contributed by atoms with Crippen molar-refractivity contribution in [1.29, 1.82) is 0 Å². The third-order valence-corrected chi connectivity index (χ3v) is 4.20. The first kappa shape index (κ1) is 16.3. The highest BCUT2D eigenvalue weighted by molar-refractivity contribution is 6.31. The molecule has 2 aromatic heterocycles. The SMILES string of the molecule is Cc1nn(C)c2ncc(NC(=O)N(C)Cc3ccccc3Cl)cc12. The van der Waals surface area contributed by atoms with Gasteiger partial charge in [0.1, 0.15) is 0 Å². The van der Waals surface area contributed by atoms with E-state index in [0.29, 0.717) is 17.3 Å². The van der Waals surface area contributed by atoms with E-state index in [1.807, 2.05) is 44.3 Å². The van der Waals surface area contributed by atoms with Gasteiger partial charge in [-0.3, -0.25) is 4.68 Å². The fraction of sp³-hybridized carbons (Fsp3) is 0.235. The molecule has 0 fully saturated rings. The van der Waals surface area contributed by atoms with Crippen LogP contribution in [0, 0.1) is 6.92 Å². The molecular weight excluding hydrogens is 326 g/mol. The Hall–Kier alpha value is -2.60. The van der Waals surface area contributed by atoms with Crippen LogP contribution in [0.15, 0.2) is 36.5 Å². The van der Waals surface area contributed by atoms with E-state index in [2.05, 4.69) is 15.4 Å². The zero-order chi connectivity index (χ0) is 17.3. The lowest BCUT2D eigenvalue weighted by atomic mass is 10.2. The highest BCUT2D eigenvalue weighted by atomic mass is 35.5. The highest BCUT2D eigenvalue weighted by Gasteiger charge is 2.13. The van der Waals surface area contributed by atoms with Crippen LogP contribution < -0.4 is 5.32 Å². The van der Waals surface area contributed by atoms with E-state index in [9.17, 15) is 4.79 Å². The Kier molecular flexibility index (Phi) is 4.40. The molecule has 0 aliphatic rings. The van der Waals surface area contributed by atoms with Crippen molar-refractivity contribution < 1.29 is 4.79 Å². The summed E-state index contributed by atoms with van der Waals surface area (Å²) in [5, 5.41) is 8.75. The maximum atomic E-state index is 12.4. The molecule has 124 valence electrons. The summed E-state index contributed by atoms with van der Waals surface area (Å²) in [7, 11) is 3.57. The number of nitrogens with one attached hydrogen (secondary N) is 1. The molecule has 0 unspecified atom stereocenters. The first-order valence-corrected chi connectivity index (χ1v) is 7.88. The first-order chi connectivity index (χ1) is 11.5. The van der Waals surface area contributed by atoms with Gasteiger partial charge in [0.25, 0.3) is 0 Å². The molecular formula is C17H18ClN5O. The normalized spacial score (nSPS) is 10.8. The van der Waals surface area contributed by atoms with Gasteiger partial charge in [0.2, 0.25) is 0 Å². The van der Waals surface area contributed by atoms with Crippen LogP contribution in [-0.4, -0.2) is 32.7 Å². The van der Waals surface area contributed by atoms with Gasteiger partial charge < -0.3 is 10.2 Å². The number of aryl methyl sites for hydroxylation is 2. The topological polar surface area (TPSA) is 63.1 Å². The number of aromatic nitrogens is 3. The number of amides is 2. The summed E-state index contributed by atoms with van der Waals surface area (Å²) >= 11 is 6.14. The second-order valence-electron chi connectivity index (χ2n) is 5.68. The number of pyridine rings is 1. The quantitative estimate of drug-likeness (QED) is 0.790. The number of carbonyl (C=O) groups is 1. The maximum absolute atomic E-state index is 12.4. The van der Waals surface area contributed by atoms with Crippen molar-refractivity contribution in [1.82, 2.24) is 19.7 Å². The summed E-state index contributed by atoms with van der Waals surface area (Å²) in [4.78, 5) is 18.3. The number of nitrogens with zero attached hydrogens (tertiary/aromatic N) is 4. The van der Waals surface area contributed by atoms with E-state index >= 15 is 0 Å². The zero-order valence-corrected chi connectivity index (χ0v) is 14.5. The number of hydrogen-bond donors (Lipinski definition) is 1. The zero-order valence-electron chi connectivity index (χ0n) is 13.7. The average molecular weight is 344 g/mol. The smallest absolute Gasteiger partial charge is 0.321 e. The minimum atomic E-state index is -0.224. The molecule has 0 atom stereocenters. The molecule has 1 N–H and O–H groups in total. The fourth-order valence-corrected chi connectivity index (χ4v) is 2.74. The van der Waals surface area contributed by atoms with Crippen LogP contribution in [0.2, 0.25) is 5.02 Å². The van der Waals surface area contributed by atoms with E-state index in [0.717, 1.165) is 22.3 Å². The number of urea groups is 1. The standard InChI is InChI=1S/C17H18ClN5O/c1-11-14-8-13(9-19-16(14)23(3)21-11)20-17(24)22(2)10-12-6-4-5-7-15(12)18/h4-9H,10H2,1-3H3,(H,20,24). The Morgan fingerprint density at radius 3 is 2.88 bits per heavy atom. The van der Waals surface area contributed by atoms with Crippen LogP contribution >= 0.6 is 11.6 Å². The number of rotatable bonds is 3. The third-order valence-electron chi connectivity index (χ3n) is 3.83. The fourth-order valence-electron chi connectivity index (χ4n) is 2.55.